The van der Waals surface area contributed by atoms with E-state index in [0.29, 0.717) is 12.6 Å². The maximum absolute atomic E-state index is 13.4. The first kappa shape index (κ1) is 18.0. The molecule has 1 aromatic rings. The van der Waals surface area contributed by atoms with Gasteiger partial charge in [-0.15, -0.1) is 0 Å². The van der Waals surface area contributed by atoms with Gasteiger partial charge in [0.05, 0.1) is 12.1 Å². The number of carboxylic acid groups (broad SMARTS) is 1. The Balaban J connectivity index is 2.54. The molecular weight excluding hydrogens is 294 g/mol. The van der Waals surface area contributed by atoms with E-state index in [1.807, 2.05) is 6.92 Å². The van der Waals surface area contributed by atoms with Crippen LogP contribution in [0.25, 0.3) is 0 Å². The smallest absolute Gasteiger partial charge is 0.321 e. The second-order valence-electron chi connectivity index (χ2n) is 4.93. The van der Waals surface area contributed by atoms with Gasteiger partial charge in [-0.2, -0.15) is 0 Å². The number of carbonyl (C=O) groups excluding carboxylic acids is 1. The van der Waals surface area contributed by atoms with E-state index in [9.17, 15) is 18.4 Å². The van der Waals surface area contributed by atoms with Crippen molar-refractivity contribution in [2.24, 2.45) is 0 Å². The summed E-state index contributed by atoms with van der Waals surface area (Å²) >= 11 is 0. The number of unbranched alkanes of at least 4 members (excludes halogenated alkanes) is 2. The van der Waals surface area contributed by atoms with Crippen molar-refractivity contribution >= 4 is 17.6 Å². The number of anilines is 1. The van der Waals surface area contributed by atoms with Gasteiger partial charge in [-0.25, -0.2) is 8.78 Å². The first-order chi connectivity index (χ1) is 10.4. The van der Waals surface area contributed by atoms with Gasteiger partial charge in [0.2, 0.25) is 5.91 Å². The number of carboxylic acids is 1. The van der Waals surface area contributed by atoms with Crippen LogP contribution in [-0.4, -0.2) is 29.6 Å². The molecule has 1 amide bonds. The highest BCUT2D eigenvalue weighted by atomic mass is 19.1. The molecule has 1 aromatic carbocycles. The zero-order valence-electron chi connectivity index (χ0n) is 12.4. The van der Waals surface area contributed by atoms with Gasteiger partial charge in [-0.1, -0.05) is 19.8 Å². The Bertz CT molecular complexity index is 524. The fourth-order valence-corrected chi connectivity index (χ4v) is 1.88. The zero-order valence-corrected chi connectivity index (χ0v) is 12.4. The summed E-state index contributed by atoms with van der Waals surface area (Å²) in [4.78, 5) is 22.9. The lowest BCUT2D eigenvalue weighted by atomic mass is 10.1. The Kier molecular flexibility index (Phi) is 7.45. The number of amides is 1. The highest BCUT2D eigenvalue weighted by molar-refractivity contribution is 5.94. The summed E-state index contributed by atoms with van der Waals surface area (Å²) in [5, 5.41) is 14.1. The predicted octanol–water partition coefficient (Wildman–Crippen LogP) is 2.53. The third-order valence-electron chi connectivity index (χ3n) is 3.06. The Hall–Kier alpha value is -2.02. The molecule has 0 fully saturated rings. The van der Waals surface area contributed by atoms with Crippen molar-refractivity contribution in [1.29, 1.82) is 0 Å². The van der Waals surface area contributed by atoms with Gasteiger partial charge < -0.3 is 15.7 Å². The molecular formula is C15H20F2N2O3. The Labute approximate surface area is 127 Å². The molecule has 1 rings (SSSR count). The average molecular weight is 314 g/mol. The van der Waals surface area contributed by atoms with E-state index in [1.165, 1.54) is 0 Å². The van der Waals surface area contributed by atoms with Crippen LogP contribution in [0.4, 0.5) is 14.5 Å². The predicted molar refractivity (Wildman–Crippen MR) is 78.6 cm³/mol. The van der Waals surface area contributed by atoms with Crippen LogP contribution < -0.4 is 10.6 Å². The minimum atomic E-state index is -1.15. The molecule has 0 radical (unpaired) electrons. The van der Waals surface area contributed by atoms with Gasteiger partial charge in [-0.3, -0.25) is 9.59 Å². The molecule has 0 aliphatic heterocycles. The topological polar surface area (TPSA) is 78.4 Å². The lowest BCUT2D eigenvalue weighted by molar-refractivity contribution is -0.141. The first-order valence-corrected chi connectivity index (χ1v) is 7.15. The summed E-state index contributed by atoms with van der Waals surface area (Å²) in [6.07, 6.45) is 2.45. The molecule has 0 saturated carbocycles. The number of rotatable bonds is 9. The highest BCUT2D eigenvalue weighted by Gasteiger charge is 2.21. The summed E-state index contributed by atoms with van der Waals surface area (Å²) in [5.74, 6) is -3.46. The van der Waals surface area contributed by atoms with Crippen LogP contribution in [0.15, 0.2) is 18.2 Å². The Morgan fingerprint density at radius 3 is 2.59 bits per heavy atom. The van der Waals surface area contributed by atoms with Crippen LogP contribution in [0.3, 0.4) is 0 Å². The number of hydrogen-bond donors (Lipinski definition) is 3. The van der Waals surface area contributed by atoms with Crippen LogP contribution in [0.5, 0.6) is 0 Å². The molecule has 0 saturated heterocycles. The van der Waals surface area contributed by atoms with Gasteiger partial charge in [0, 0.05) is 6.07 Å². The number of carbonyl (C=O) groups is 2. The third kappa shape index (κ3) is 6.17. The molecule has 0 aliphatic rings. The van der Waals surface area contributed by atoms with E-state index < -0.39 is 29.6 Å². The van der Waals surface area contributed by atoms with E-state index >= 15 is 0 Å². The van der Waals surface area contributed by atoms with E-state index in [0.717, 1.165) is 31.4 Å². The Morgan fingerprint density at radius 1 is 1.27 bits per heavy atom. The minimum Gasteiger partial charge on any atom is -0.480 e. The summed E-state index contributed by atoms with van der Waals surface area (Å²) in [6.45, 7) is 2.52. The summed E-state index contributed by atoms with van der Waals surface area (Å²) in [6, 6.07) is 1.71. The maximum atomic E-state index is 13.4. The van der Waals surface area contributed by atoms with Gasteiger partial charge >= 0.3 is 5.97 Å². The van der Waals surface area contributed by atoms with Gasteiger partial charge in [-0.05, 0) is 25.1 Å². The molecule has 0 aromatic heterocycles. The van der Waals surface area contributed by atoms with Crippen molar-refractivity contribution in [2.45, 2.75) is 38.6 Å². The molecule has 5 nitrogen and oxygen atoms in total. The van der Waals surface area contributed by atoms with Gasteiger partial charge in [0.1, 0.15) is 17.7 Å². The maximum Gasteiger partial charge on any atom is 0.321 e. The lowest BCUT2D eigenvalue weighted by Gasteiger charge is -2.14. The minimum absolute atomic E-state index is 0.179. The van der Waals surface area contributed by atoms with E-state index in [1.54, 1.807) is 0 Å². The summed E-state index contributed by atoms with van der Waals surface area (Å²) in [5.41, 5.74) is -0.179. The largest absolute Gasteiger partial charge is 0.480 e. The van der Waals surface area contributed by atoms with Crippen molar-refractivity contribution in [2.75, 3.05) is 11.9 Å². The molecule has 3 N–H and O–H groups in total. The average Bonchev–Trinajstić information content (AvgIpc) is 2.45. The van der Waals surface area contributed by atoms with Crippen LogP contribution in [0.2, 0.25) is 0 Å². The van der Waals surface area contributed by atoms with Crippen molar-refractivity contribution in [3.63, 3.8) is 0 Å². The van der Waals surface area contributed by atoms with E-state index in [4.69, 9.17) is 5.11 Å². The normalized spacial score (nSPS) is 12.0. The van der Waals surface area contributed by atoms with E-state index in [-0.39, 0.29) is 12.1 Å². The second kappa shape index (κ2) is 9.09. The van der Waals surface area contributed by atoms with Crippen molar-refractivity contribution in [1.82, 2.24) is 5.32 Å². The molecule has 0 aliphatic carbocycles. The monoisotopic (exact) mass is 314 g/mol. The number of benzene rings is 1. The quantitative estimate of drug-likeness (QED) is 0.612. The number of hydrogen-bond acceptors (Lipinski definition) is 3. The molecule has 122 valence electrons. The SMILES string of the molecule is CCCCCNC(CC(=O)Nc1ccc(F)cc1F)C(=O)O. The molecule has 22 heavy (non-hydrogen) atoms. The number of nitrogens with one attached hydrogen (secondary N) is 2. The van der Waals surface area contributed by atoms with Crippen LogP contribution in [0.1, 0.15) is 32.6 Å². The molecule has 7 heteroatoms. The molecule has 0 spiro atoms. The number of aliphatic carboxylic acids is 1. The summed E-state index contributed by atoms with van der Waals surface area (Å²) in [7, 11) is 0. The van der Waals surface area contributed by atoms with Gasteiger partial charge in [0.15, 0.2) is 0 Å². The van der Waals surface area contributed by atoms with Crippen molar-refractivity contribution in [3.8, 4) is 0 Å². The molecule has 1 unspecified atom stereocenters. The van der Waals surface area contributed by atoms with E-state index in [2.05, 4.69) is 10.6 Å². The zero-order chi connectivity index (χ0) is 16.5. The Morgan fingerprint density at radius 2 is 2.00 bits per heavy atom. The fourth-order valence-electron chi connectivity index (χ4n) is 1.88. The van der Waals surface area contributed by atoms with Crippen LogP contribution in [0, 0.1) is 11.6 Å². The fraction of sp³-hybridized carbons (Fsp3) is 0.467. The van der Waals surface area contributed by atoms with Gasteiger partial charge in [0.25, 0.3) is 0 Å². The molecule has 1 atom stereocenters. The highest BCUT2D eigenvalue weighted by Crippen LogP contribution is 2.15. The second-order valence-corrected chi connectivity index (χ2v) is 4.93. The first-order valence-electron chi connectivity index (χ1n) is 7.15. The van der Waals surface area contributed by atoms with Crippen LogP contribution >= 0.6 is 0 Å². The van der Waals surface area contributed by atoms with Crippen LogP contribution in [-0.2, 0) is 9.59 Å². The number of halogens is 2. The third-order valence-corrected chi connectivity index (χ3v) is 3.06. The van der Waals surface area contributed by atoms with Crippen molar-refractivity contribution in [3.05, 3.63) is 29.8 Å². The lowest BCUT2D eigenvalue weighted by Crippen LogP contribution is -2.40. The standard InChI is InChI=1S/C15H20F2N2O3/c1-2-3-4-7-18-13(15(21)22)9-14(20)19-12-6-5-10(16)8-11(12)17/h5-6,8,13,18H,2-4,7,9H2,1H3,(H,19,20)(H,21,22). The molecule has 0 heterocycles. The van der Waals surface area contributed by atoms with Crippen molar-refractivity contribution < 1.29 is 23.5 Å². The summed E-state index contributed by atoms with van der Waals surface area (Å²) < 4.78 is 26.2. The molecule has 0 bridgehead atoms.